The molecule has 1 atom stereocenters. The fourth-order valence-electron chi connectivity index (χ4n) is 3.41. The van der Waals surface area contributed by atoms with Crippen LogP contribution in [0.3, 0.4) is 0 Å². The molecule has 0 aliphatic heterocycles. The molecule has 1 heterocycles. The van der Waals surface area contributed by atoms with E-state index in [0.717, 1.165) is 18.6 Å². The third-order valence-electron chi connectivity index (χ3n) is 5.21. The molecule has 0 bridgehead atoms. The van der Waals surface area contributed by atoms with E-state index in [-0.39, 0.29) is 29.3 Å². The zero-order valence-electron chi connectivity index (χ0n) is 17.4. The van der Waals surface area contributed by atoms with Gasteiger partial charge in [0.05, 0.1) is 18.7 Å². The van der Waals surface area contributed by atoms with Gasteiger partial charge in [0, 0.05) is 23.5 Å². The Morgan fingerprint density at radius 2 is 1.93 bits per heavy atom. The van der Waals surface area contributed by atoms with Crippen molar-refractivity contribution in [3.8, 4) is 11.5 Å². The number of aromatic amines is 1. The minimum Gasteiger partial charge on any atom is -0.506 e. The van der Waals surface area contributed by atoms with Crippen molar-refractivity contribution < 1.29 is 14.9 Å². The molecule has 162 valence electrons. The lowest BCUT2D eigenvalue weighted by atomic mass is 9.94. The zero-order valence-corrected chi connectivity index (χ0v) is 18.3. The van der Waals surface area contributed by atoms with Gasteiger partial charge >= 0.3 is 0 Å². The Hall–Kier alpha value is -2.54. The molecule has 30 heavy (non-hydrogen) atoms. The predicted octanol–water partition coefficient (Wildman–Crippen LogP) is 3.70. The van der Waals surface area contributed by atoms with E-state index in [2.05, 4.69) is 30.2 Å². The third kappa shape index (κ3) is 5.75. The maximum atomic E-state index is 11.6. The normalized spacial score (nSPS) is 12.4. The van der Waals surface area contributed by atoms with Crippen molar-refractivity contribution in [2.24, 2.45) is 0 Å². The van der Waals surface area contributed by atoms with E-state index in [4.69, 9.17) is 4.74 Å². The van der Waals surface area contributed by atoms with Crippen LogP contribution in [0.25, 0.3) is 10.9 Å². The van der Waals surface area contributed by atoms with Crippen LogP contribution in [0.2, 0.25) is 0 Å². The van der Waals surface area contributed by atoms with Crippen molar-refractivity contribution in [2.75, 3.05) is 13.7 Å². The summed E-state index contributed by atoms with van der Waals surface area (Å²) in [7, 11) is 1.66. The van der Waals surface area contributed by atoms with E-state index < -0.39 is 6.10 Å². The molecule has 4 N–H and O–H groups in total. The molecule has 0 spiro atoms. The lowest BCUT2D eigenvalue weighted by Crippen LogP contribution is -2.42. The number of methoxy groups -OCH3 is 1. The summed E-state index contributed by atoms with van der Waals surface area (Å²) in [5.74, 6) is 0.834. The number of hydrogen-bond acceptors (Lipinski definition) is 5. The summed E-state index contributed by atoms with van der Waals surface area (Å²) in [5, 5.41) is 24.8. The first-order valence-corrected chi connectivity index (χ1v) is 9.70. The van der Waals surface area contributed by atoms with Crippen molar-refractivity contribution >= 4 is 23.3 Å². The summed E-state index contributed by atoms with van der Waals surface area (Å²) >= 11 is 0. The number of aromatic nitrogens is 1. The number of fused-ring (bicyclic) bond motifs is 1. The number of aliphatic hydroxyl groups excluding tert-OH is 1. The number of phenolic OH excluding ortho intramolecular Hbond substituents is 1. The maximum absolute atomic E-state index is 11.6. The largest absolute Gasteiger partial charge is 0.506 e. The summed E-state index contributed by atoms with van der Waals surface area (Å²) in [6, 6.07) is 14.2. The smallest absolute Gasteiger partial charge is 0.248 e. The Labute approximate surface area is 182 Å². The lowest BCUT2D eigenvalue weighted by Gasteiger charge is -2.28. The van der Waals surface area contributed by atoms with Crippen molar-refractivity contribution in [2.45, 2.75) is 38.3 Å². The van der Waals surface area contributed by atoms with E-state index in [1.807, 2.05) is 18.2 Å². The second kappa shape index (κ2) is 9.98. The van der Waals surface area contributed by atoms with Crippen LogP contribution in [-0.2, 0) is 6.42 Å². The Kier molecular flexibility index (Phi) is 7.89. The van der Waals surface area contributed by atoms with Gasteiger partial charge in [0.25, 0.3) is 0 Å². The summed E-state index contributed by atoms with van der Waals surface area (Å²) in [5.41, 5.74) is 1.71. The average Bonchev–Trinajstić information content (AvgIpc) is 2.71. The molecule has 6 nitrogen and oxygen atoms in total. The third-order valence-corrected chi connectivity index (χ3v) is 5.21. The van der Waals surface area contributed by atoms with Gasteiger partial charge in [-0.1, -0.05) is 18.2 Å². The highest BCUT2D eigenvalue weighted by Gasteiger charge is 2.20. The molecule has 3 aromatic rings. The van der Waals surface area contributed by atoms with Crippen LogP contribution >= 0.6 is 12.4 Å². The van der Waals surface area contributed by atoms with Crippen molar-refractivity contribution in [1.29, 1.82) is 0 Å². The molecule has 3 rings (SSSR count). The van der Waals surface area contributed by atoms with Gasteiger partial charge in [-0.2, -0.15) is 0 Å². The number of ether oxygens (including phenoxy) is 1. The summed E-state index contributed by atoms with van der Waals surface area (Å²) < 4.78 is 5.28. The van der Waals surface area contributed by atoms with Crippen LogP contribution in [0.1, 0.15) is 37.5 Å². The minimum absolute atomic E-state index is 0. The van der Waals surface area contributed by atoms with Crippen molar-refractivity contribution in [3.05, 3.63) is 70.0 Å². The van der Waals surface area contributed by atoms with E-state index >= 15 is 0 Å². The van der Waals surface area contributed by atoms with E-state index in [9.17, 15) is 15.0 Å². The molecule has 0 saturated heterocycles. The van der Waals surface area contributed by atoms with E-state index in [0.29, 0.717) is 23.0 Å². The van der Waals surface area contributed by atoms with Crippen molar-refractivity contribution in [3.63, 3.8) is 0 Å². The van der Waals surface area contributed by atoms with Crippen molar-refractivity contribution in [1.82, 2.24) is 10.3 Å². The number of β-amino-alcohol motifs (C(OH)–C–C–N with tert-alkyl or cyclic N) is 1. The van der Waals surface area contributed by atoms with Gasteiger partial charge in [-0.3, -0.25) is 4.79 Å². The Balaban J connectivity index is 0.00000320. The topological polar surface area (TPSA) is 94.6 Å². The number of aliphatic hydroxyl groups is 1. The number of pyridine rings is 1. The van der Waals surface area contributed by atoms with E-state index in [1.165, 1.54) is 17.7 Å². The molecular weight excluding hydrogens is 404 g/mol. The van der Waals surface area contributed by atoms with Gasteiger partial charge in [-0.15, -0.1) is 12.4 Å². The molecular formula is C23H29ClN2O4. The minimum atomic E-state index is -0.778. The van der Waals surface area contributed by atoms with Gasteiger partial charge in [0.1, 0.15) is 11.5 Å². The maximum Gasteiger partial charge on any atom is 0.248 e. The van der Waals surface area contributed by atoms with Gasteiger partial charge < -0.3 is 25.3 Å². The number of hydrogen-bond donors (Lipinski definition) is 4. The van der Waals surface area contributed by atoms with Gasteiger partial charge in [-0.05, 0) is 62.1 Å². The molecule has 0 amide bonds. The molecule has 0 aliphatic rings. The molecule has 2 aromatic carbocycles. The SMILES string of the molecule is COc1cccc(CCC(C)(C)NCC(O)c2ccc(O)c3[nH]c(=O)ccc23)c1.Cl. The summed E-state index contributed by atoms with van der Waals surface area (Å²) in [6.07, 6.45) is 0.993. The van der Waals surface area contributed by atoms with Gasteiger partial charge in [0.2, 0.25) is 5.56 Å². The van der Waals surface area contributed by atoms with E-state index in [1.54, 1.807) is 19.2 Å². The van der Waals surface area contributed by atoms with Crippen LogP contribution in [-0.4, -0.2) is 34.4 Å². The second-order valence-corrected chi connectivity index (χ2v) is 7.92. The molecule has 0 saturated carbocycles. The van der Waals surface area contributed by atoms with Gasteiger partial charge in [-0.25, -0.2) is 0 Å². The zero-order chi connectivity index (χ0) is 21.0. The first kappa shape index (κ1) is 23.7. The fraction of sp³-hybridized carbons (Fsp3) is 0.348. The first-order chi connectivity index (χ1) is 13.8. The number of aromatic hydroxyl groups is 1. The van der Waals surface area contributed by atoms with Crippen LogP contribution < -0.4 is 15.6 Å². The second-order valence-electron chi connectivity index (χ2n) is 7.92. The first-order valence-electron chi connectivity index (χ1n) is 9.70. The van der Waals surface area contributed by atoms with Crippen LogP contribution in [0, 0.1) is 0 Å². The number of rotatable bonds is 8. The summed E-state index contributed by atoms with van der Waals surface area (Å²) in [4.78, 5) is 14.2. The number of H-pyrrole nitrogens is 1. The van der Waals surface area contributed by atoms with Gasteiger partial charge in [0.15, 0.2) is 0 Å². The summed E-state index contributed by atoms with van der Waals surface area (Å²) in [6.45, 7) is 4.56. The number of nitrogens with one attached hydrogen (secondary N) is 2. The fourth-order valence-corrected chi connectivity index (χ4v) is 3.41. The Bertz CT molecular complexity index is 1050. The molecule has 0 fully saturated rings. The molecule has 0 aliphatic carbocycles. The Morgan fingerprint density at radius 1 is 1.17 bits per heavy atom. The molecule has 7 heteroatoms. The average molecular weight is 433 g/mol. The number of aryl methyl sites for hydroxylation is 1. The molecule has 1 unspecified atom stereocenters. The number of phenols is 1. The lowest BCUT2D eigenvalue weighted by molar-refractivity contribution is 0.160. The quantitative estimate of drug-likeness (QED) is 0.435. The van der Waals surface area contributed by atoms with Crippen LogP contribution in [0.15, 0.2) is 53.3 Å². The highest BCUT2D eigenvalue weighted by atomic mass is 35.5. The monoisotopic (exact) mass is 432 g/mol. The highest BCUT2D eigenvalue weighted by molar-refractivity contribution is 5.87. The number of halogens is 1. The number of benzene rings is 2. The molecule has 1 aromatic heterocycles. The van der Waals surface area contributed by atoms with Crippen LogP contribution in [0.4, 0.5) is 0 Å². The Morgan fingerprint density at radius 3 is 2.67 bits per heavy atom. The highest BCUT2D eigenvalue weighted by Crippen LogP contribution is 2.29. The van der Waals surface area contributed by atoms with Crippen LogP contribution in [0.5, 0.6) is 11.5 Å². The predicted molar refractivity (Wildman–Crippen MR) is 122 cm³/mol. The molecule has 0 radical (unpaired) electrons. The standard InChI is InChI=1S/C23H28N2O4.ClH/c1-23(2,12-11-15-5-4-6-16(13-15)29-3)24-14-20(27)17-7-9-19(26)22-18(17)8-10-21(28)25-22;/h4-10,13,20,24,26-27H,11-12,14H2,1-3H3,(H,25,28);1H.